The number of carbonyl (C=O) groups is 1. The average molecular weight is 446 g/mol. The summed E-state index contributed by atoms with van der Waals surface area (Å²) in [6, 6.07) is 16.9. The Kier molecular flexibility index (Phi) is 5.60. The van der Waals surface area contributed by atoms with Gasteiger partial charge in [-0.05, 0) is 42.3 Å². The minimum absolute atomic E-state index is 0.149. The predicted octanol–water partition coefficient (Wildman–Crippen LogP) is 3.39. The number of fused-ring (bicyclic) bond motifs is 3. The third kappa shape index (κ3) is 4.09. The summed E-state index contributed by atoms with van der Waals surface area (Å²) in [5, 5.41) is 7.38. The van der Waals surface area contributed by atoms with Gasteiger partial charge in [-0.1, -0.05) is 26.0 Å². The molecule has 1 aliphatic rings. The highest BCUT2D eigenvalue weighted by molar-refractivity contribution is 6.04. The zero-order valence-electron chi connectivity index (χ0n) is 18.8. The maximum atomic E-state index is 13.2. The van der Waals surface area contributed by atoms with Crippen LogP contribution in [0.4, 0.5) is 11.4 Å². The fourth-order valence-corrected chi connectivity index (χ4v) is 4.27. The van der Waals surface area contributed by atoms with Crippen LogP contribution >= 0.6 is 0 Å². The number of nitrogens with zero attached hydrogens (tertiary/aromatic N) is 4. The smallest absolute Gasteiger partial charge is 0.277 e. The first kappa shape index (κ1) is 21.2. The monoisotopic (exact) mass is 445 g/mol. The molecule has 0 bridgehead atoms. The number of aromatic nitrogens is 3. The summed E-state index contributed by atoms with van der Waals surface area (Å²) in [7, 11) is 0. The SMILES string of the molecule is CC(C)Cn1c(=O)c2cc(C(=O)Nc3ccc(N4CCOCC4)cc3)nn2c2ccccc21. The molecule has 0 aliphatic carbocycles. The number of amides is 1. The Hall–Kier alpha value is -3.65. The lowest BCUT2D eigenvalue weighted by atomic mass is 10.2. The van der Waals surface area contributed by atoms with Gasteiger partial charge in [-0.2, -0.15) is 5.10 Å². The molecule has 1 aliphatic heterocycles. The first-order chi connectivity index (χ1) is 16.0. The van der Waals surface area contributed by atoms with Crippen molar-refractivity contribution in [3.63, 3.8) is 0 Å². The minimum Gasteiger partial charge on any atom is -0.378 e. The average Bonchev–Trinajstić information content (AvgIpc) is 3.29. The maximum Gasteiger partial charge on any atom is 0.277 e. The van der Waals surface area contributed by atoms with Crippen LogP contribution in [0.2, 0.25) is 0 Å². The van der Waals surface area contributed by atoms with Crippen LogP contribution in [0.1, 0.15) is 24.3 Å². The Balaban J connectivity index is 1.45. The van der Waals surface area contributed by atoms with E-state index >= 15 is 0 Å². The van der Waals surface area contributed by atoms with E-state index in [1.165, 1.54) is 0 Å². The third-order valence-corrected chi connectivity index (χ3v) is 5.86. The van der Waals surface area contributed by atoms with Crippen LogP contribution in [-0.4, -0.2) is 46.4 Å². The van der Waals surface area contributed by atoms with Crippen molar-refractivity contribution in [2.75, 3.05) is 36.5 Å². The summed E-state index contributed by atoms with van der Waals surface area (Å²) in [4.78, 5) is 28.4. The number of morpholine rings is 1. The Morgan fingerprint density at radius 1 is 1.03 bits per heavy atom. The number of nitrogens with one attached hydrogen (secondary N) is 1. The van der Waals surface area contributed by atoms with Crippen LogP contribution in [0.15, 0.2) is 59.4 Å². The van der Waals surface area contributed by atoms with E-state index in [4.69, 9.17) is 4.74 Å². The van der Waals surface area contributed by atoms with E-state index < -0.39 is 0 Å². The van der Waals surface area contributed by atoms with E-state index in [1.807, 2.05) is 48.5 Å². The van der Waals surface area contributed by atoms with Gasteiger partial charge in [0.05, 0.1) is 24.2 Å². The molecule has 1 amide bonds. The molecule has 0 atom stereocenters. The standard InChI is InChI=1S/C25H27N5O3/c1-17(2)16-29-21-5-3-4-6-22(21)30-23(25(29)32)15-20(27-30)24(31)26-18-7-9-19(10-8-18)28-11-13-33-14-12-28/h3-10,15,17H,11-14,16H2,1-2H3,(H,26,31). The highest BCUT2D eigenvalue weighted by Gasteiger charge is 2.18. The van der Waals surface area contributed by atoms with Crippen molar-refractivity contribution in [1.82, 2.24) is 14.2 Å². The largest absolute Gasteiger partial charge is 0.378 e. The van der Waals surface area contributed by atoms with Crippen molar-refractivity contribution in [3.8, 4) is 0 Å². The third-order valence-electron chi connectivity index (χ3n) is 5.86. The molecule has 0 unspecified atom stereocenters. The number of carbonyl (C=O) groups excluding carboxylic acids is 1. The predicted molar refractivity (Wildman–Crippen MR) is 129 cm³/mol. The van der Waals surface area contributed by atoms with Crippen molar-refractivity contribution < 1.29 is 9.53 Å². The van der Waals surface area contributed by atoms with Crippen molar-refractivity contribution in [1.29, 1.82) is 0 Å². The van der Waals surface area contributed by atoms with Crippen LogP contribution in [0, 0.1) is 5.92 Å². The summed E-state index contributed by atoms with van der Waals surface area (Å²) >= 11 is 0. The van der Waals surface area contributed by atoms with Crippen molar-refractivity contribution in [2.24, 2.45) is 5.92 Å². The molecule has 1 saturated heterocycles. The van der Waals surface area contributed by atoms with Crippen LogP contribution in [0.25, 0.3) is 16.6 Å². The van der Waals surface area contributed by atoms with Gasteiger partial charge in [-0.3, -0.25) is 9.59 Å². The Morgan fingerprint density at radius 2 is 1.73 bits per heavy atom. The van der Waals surface area contributed by atoms with Crippen LogP contribution < -0.4 is 15.8 Å². The Labute approximate surface area is 191 Å². The van der Waals surface area contributed by atoms with Crippen molar-refractivity contribution >= 4 is 33.8 Å². The lowest BCUT2D eigenvalue weighted by Gasteiger charge is -2.28. The number of para-hydroxylation sites is 2. The van der Waals surface area contributed by atoms with Gasteiger partial charge in [0.25, 0.3) is 11.5 Å². The summed E-state index contributed by atoms with van der Waals surface area (Å²) in [5.41, 5.74) is 3.82. The molecule has 2 aromatic carbocycles. The fraction of sp³-hybridized carbons (Fsp3) is 0.320. The van der Waals surface area contributed by atoms with Crippen LogP contribution in [0.3, 0.4) is 0 Å². The van der Waals surface area contributed by atoms with Gasteiger partial charge in [-0.25, -0.2) is 4.52 Å². The molecule has 170 valence electrons. The van der Waals surface area contributed by atoms with Crippen molar-refractivity contribution in [3.05, 3.63) is 70.6 Å². The zero-order valence-corrected chi connectivity index (χ0v) is 18.8. The molecule has 8 heteroatoms. The van der Waals surface area contributed by atoms with Gasteiger partial charge in [-0.15, -0.1) is 0 Å². The van der Waals surface area contributed by atoms with Crippen LogP contribution in [0.5, 0.6) is 0 Å². The second-order valence-electron chi connectivity index (χ2n) is 8.73. The molecular weight excluding hydrogens is 418 g/mol. The number of hydrogen-bond acceptors (Lipinski definition) is 5. The fourth-order valence-electron chi connectivity index (χ4n) is 4.27. The number of rotatable bonds is 5. The molecule has 3 heterocycles. The molecule has 0 spiro atoms. The van der Waals surface area contributed by atoms with Crippen molar-refractivity contribution in [2.45, 2.75) is 20.4 Å². The highest BCUT2D eigenvalue weighted by atomic mass is 16.5. The van der Waals surface area contributed by atoms with E-state index in [9.17, 15) is 9.59 Å². The lowest BCUT2D eigenvalue weighted by Crippen LogP contribution is -2.36. The maximum absolute atomic E-state index is 13.2. The van der Waals surface area contributed by atoms with Gasteiger partial charge < -0.3 is 19.5 Å². The van der Waals surface area contributed by atoms with Gasteiger partial charge in [0.1, 0.15) is 5.52 Å². The quantitative estimate of drug-likeness (QED) is 0.509. The molecule has 33 heavy (non-hydrogen) atoms. The second kappa shape index (κ2) is 8.71. The van der Waals surface area contributed by atoms with Crippen LogP contribution in [-0.2, 0) is 11.3 Å². The highest BCUT2D eigenvalue weighted by Crippen LogP contribution is 2.20. The number of benzene rings is 2. The first-order valence-corrected chi connectivity index (χ1v) is 11.3. The molecule has 2 aromatic heterocycles. The second-order valence-corrected chi connectivity index (χ2v) is 8.73. The first-order valence-electron chi connectivity index (χ1n) is 11.3. The summed E-state index contributed by atoms with van der Waals surface area (Å²) < 4.78 is 8.74. The summed E-state index contributed by atoms with van der Waals surface area (Å²) in [5.74, 6) is -0.0450. The zero-order chi connectivity index (χ0) is 22.9. The van der Waals surface area contributed by atoms with Gasteiger partial charge in [0.2, 0.25) is 0 Å². The Morgan fingerprint density at radius 3 is 2.42 bits per heavy atom. The van der Waals surface area contributed by atoms with Gasteiger partial charge in [0, 0.05) is 37.1 Å². The number of ether oxygens (including phenoxy) is 1. The lowest BCUT2D eigenvalue weighted by molar-refractivity contribution is 0.102. The molecule has 5 rings (SSSR count). The number of anilines is 2. The van der Waals surface area contributed by atoms with E-state index in [0.29, 0.717) is 23.7 Å². The molecule has 8 nitrogen and oxygen atoms in total. The van der Waals surface area contributed by atoms with E-state index in [2.05, 4.69) is 29.2 Å². The molecule has 1 N–H and O–H groups in total. The topological polar surface area (TPSA) is 80.9 Å². The Bertz CT molecular complexity index is 1360. The van der Waals surface area contributed by atoms with E-state index in [0.717, 1.165) is 43.0 Å². The van der Waals surface area contributed by atoms with Gasteiger partial charge >= 0.3 is 0 Å². The molecule has 0 saturated carbocycles. The normalized spacial score (nSPS) is 14.3. The van der Waals surface area contributed by atoms with E-state index in [-0.39, 0.29) is 17.2 Å². The van der Waals surface area contributed by atoms with Gasteiger partial charge in [0.15, 0.2) is 5.69 Å². The molecule has 0 radical (unpaired) electrons. The van der Waals surface area contributed by atoms with E-state index in [1.54, 1.807) is 15.1 Å². The minimum atomic E-state index is -0.350. The number of hydrogen-bond donors (Lipinski definition) is 1. The molecule has 4 aromatic rings. The molecule has 1 fully saturated rings. The summed E-state index contributed by atoms with van der Waals surface area (Å²) in [6.07, 6.45) is 0. The molecular formula is C25H27N5O3. The summed E-state index contributed by atoms with van der Waals surface area (Å²) in [6.45, 7) is 7.90.